The Labute approximate surface area is 244 Å². The van der Waals surface area contributed by atoms with Gasteiger partial charge in [0.15, 0.2) is 21.5 Å². The van der Waals surface area contributed by atoms with E-state index in [0.717, 1.165) is 37.3 Å². The minimum absolute atomic E-state index is 0.00400. The SMILES string of the molecule is Cc1ccc(CS(=O)(=O)Cc2c(F)cc(-c3cc(C)c4nc(NC5CCC(N(C)C)CC5)ncc4n3)c(F)c2F)cc1. The molecule has 1 N–H and O–H groups in total. The van der Waals surface area contributed by atoms with Crippen molar-refractivity contribution in [2.75, 3.05) is 19.4 Å². The molecule has 0 unspecified atom stereocenters. The number of aryl methyl sites for hydroxylation is 2. The van der Waals surface area contributed by atoms with E-state index < -0.39 is 49.9 Å². The normalized spacial score (nSPS) is 17.6. The quantitative estimate of drug-likeness (QED) is 0.245. The lowest BCUT2D eigenvalue weighted by molar-refractivity contribution is 0.221. The van der Waals surface area contributed by atoms with Crippen molar-refractivity contribution < 1.29 is 21.6 Å². The maximum absolute atomic E-state index is 15.3. The fourth-order valence-electron chi connectivity index (χ4n) is 5.47. The second-order valence-electron chi connectivity index (χ2n) is 11.4. The van der Waals surface area contributed by atoms with Crippen LogP contribution in [0.1, 0.15) is 47.9 Å². The molecule has 0 spiro atoms. The third kappa shape index (κ3) is 6.57. The van der Waals surface area contributed by atoms with Gasteiger partial charge >= 0.3 is 0 Å². The van der Waals surface area contributed by atoms with Crippen LogP contribution in [0.25, 0.3) is 22.3 Å². The molecular weight excluding hydrogens is 563 g/mol. The van der Waals surface area contributed by atoms with Gasteiger partial charge in [0.1, 0.15) is 11.3 Å². The molecule has 4 aromatic rings. The number of nitrogens with zero attached hydrogens (tertiary/aromatic N) is 4. The van der Waals surface area contributed by atoms with Gasteiger partial charge in [-0.3, -0.25) is 0 Å². The average Bonchev–Trinajstić information content (AvgIpc) is 2.95. The molecule has 2 aromatic heterocycles. The van der Waals surface area contributed by atoms with E-state index in [1.54, 1.807) is 31.2 Å². The molecular formula is C31H34F3N5O2S. The predicted molar refractivity (Wildman–Crippen MR) is 158 cm³/mol. The molecule has 0 bridgehead atoms. The summed E-state index contributed by atoms with van der Waals surface area (Å²) in [6.45, 7) is 3.61. The first-order chi connectivity index (χ1) is 19.9. The summed E-state index contributed by atoms with van der Waals surface area (Å²) < 4.78 is 71.0. The molecule has 222 valence electrons. The van der Waals surface area contributed by atoms with Crippen LogP contribution in [0.15, 0.2) is 42.6 Å². The van der Waals surface area contributed by atoms with E-state index in [1.807, 2.05) is 6.92 Å². The van der Waals surface area contributed by atoms with Crippen molar-refractivity contribution in [1.29, 1.82) is 0 Å². The van der Waals surface area contributed by atoms with Crippen LogP contribution in [0, 0.1) is 31.3 Å². The van der Waals surface area contributed by atoms with Crippen molar-refractivity contribution in [2.45, 2.75) is 63.1 Å². The largest absolute Gasteiger partial charge is 0.351 e. The van der Waals surface area contributed by atoms with E-state index in [4.69, 9.17) is 0 Å². The minimum atomic E-state index is -3.98. The molecule has 1 aliphatic carbocycles. The third-order valence-electron chi connectivity index (χ3n) is 7.90. The van der Waals surface area contributed by atoms with Crippen molar-refractivity contribution in [2.24, 2.45) is 0 Å². The van der Waals surface area contributed by atoms with Gasteiger partial charge in [0, 0.05) is 23.2 Å². The molecule has 0 amide bonds. The van der Waals surface area contributed by atoms with E-state index in [0.29, 0.717) is 34.2 Å². The number of rotatable bonds is 8. The van der Waals surface area contributed by atoms with Crippen LogP contribution < -0.4 is 5.32 Å². The fraction of sp³-hybridized carbons (Fsp3) is 0.387. The van der Waals surface area contributed by atoms with Crippen LogP contribution >= 0.6 is 0 Å². The lowest BCUT2D eigenvalue weighted by Gasteiger charge is -2.32. The number of fused-ring (bicyclic) bond motifs is 1. The number of benzene rings is 2. The monoisotopic (exact) mass is 597 g/mol. The lowest BCUT2D eigenvalue weighted by atomic mass is 9.91. The first-order valence-corrected chi connectivity index (χ1v) is 15.7. The highest BCUT2D eigenvalue weighted by Gasteiger charge is 2.26. The summed E-state index contributed by atoms with van der Waals surface area (Å²) in [7, 11) is 0.203. The van der Waals surface area contributed by atoms with Gasteiger partial charge in [-0.25, -0.2) is 36.5 Å². The number of nitrogens with one attached hydrogen (secondary N) is 1. The molecule has 2 heterocycles. The van der Waals surface area contributed by atoms with Gasteiger partial charge < -0.3 is 10.2 Å². The van der Waals surface area contributed by atoms with E-state index in [1.165, 1.54) is 12.3 Å². The molecule has 1 saturated carbocycles. The molecule has 2 aromatic carbocycles. The standard InChI is InChI=1S/C31H34F3N5O2S/c1-18-5-7-20(8-6-18)16-42(40,41)17-24-25(32)14-23(28(33)29(24)34)26-13-19(2)30-27(37-26)15-35-31(38-30)36-21-9-11-22(12-10-21)39(3)4/h5-8,13-15,21-22H,9-12,16-17H2,1-4H3,(H,35,36,38). The second kappa shape index (κ2) is 12.0. The van der Waals surface area contributed by atoms with Crippen LogP contribution in [-0.2, 0) is 21.3 Å². The molecule has 11 heteroatoms. The molecule has 1 fully saturated rings. The lowest BCUT2D eigenvalue weighted by Crippen LogP contribution is -2.36. The second-order valence-corrected chi connectivity index (χ2v) is 13.5. The predicted octanol–water partition coefficient (Wildman–Crippen LogP) is 6.13. The molecule has 0 saturated heterocycles. The highest BCUT2D eigenvalue weighted by atomic mass is 32.2. The van der Waals surface area contributed by atoms with Gasteiger partial charge in [0.25, 0.3) is 0 Å². The Bertz CT molecular complexity index is 1720. The fourth-order valence-corrected chi connectivity index (χ4v) is 6.98. The Morgan fingerprint density at radius 1 is 0.929 bits per heavy atom. The van der Waals surface area contributed by atoms with Crippen LogP contribution in [0.3, 0.4) is 0 Å². The van der Waals surface area contributed by atoms with Crippen molar-refractivity contribution in [3.63, 3.8) is 0 Å². The number of pyridine rings is 1. The molecule has 0 radical (unpaired) electrons. The minimum Gasteiger partial charge on any atom is -0.351 e. The first-order valence-electron chi connectivity index (χ1n) is 13.9. The molecule has 7 nitrogen and oxygen atoms in total. The van der Waals surface area contributed by atoms with Gasteiger partial charge in [0.05, 0.1) is 28.9 Å². The van der Waals surface area contributed by atoms with Gasteiger partial charge in [-0.1, -0.05) is 29.8 Å². The van der Waals surface area contributed by atoms with Crippen LogP contribution in [0.4, 0.5) is 19.1 Å². The molecule has 42 heavy (non-hydrogen) atoms. The van der Waals surface area contributed by atoms with Crippen LogP contribution in [-0.4, -0.2) is 54.4 Å². The van der Waals surface area contributed by atoms with Gasteiger partial charge in [-0.2, -0.15) is 0 Å². The first kappa shape index (κ1) is 29.9. The Balaban J connectivity index is 1.37. The molecule has 0 aliphatic heterocycles. The molecule has 0 atom stereocenters. The molecule has 1 aliphatic rings. The van der Waals surface area contributed by atoms with Crippen LogP contribution in [0.5, 0.6) is 0 Å². The van der Waals surface area contributed by atoms with Gasteiger partial charge in [-0.15, -0.1) is 0 Å². The Hall–Kier alpha value is -3.57. The topological polar surface area (TPSA) is 88.1 Å². The number of sulfone groups is 1. The summed E-state index contributed by atoms with van der Waals surface area (Å²) in [4.78, 5) is 15.6. The van der Waals surface area contributed by atoms with E-state index in [-0.39, 0.29) is 11.7 Å². The Morgan fingerprint density at radius 2 is 1.62 bits per heavy atom. The third-order valence-corrected chi connectivity index (χ3v) is 9.40. The van der Waals surface area contributed by atoms with Crippen molar-refractivity contribution in [3.05, 3.63) is 82.3 Å². The van der Waals surface area contributed by atoms with E-state index in [9.17, 15) is 8.42 Å². The maximum Gasteiger partial charge on any atom is 0.223 e. The number of hydrogen-bond donors (Lipinski definition) is 1. The zero-order valence-electron chi connectivity index (χ0n) is 24.1. The molecule has 5 rings (SSSR count). The summed E-state index contributed by atoms with van der Waals surface area (Å²) in [5, 5.41) is 3.40. The summed E-state index contributed by atoms with van der Waals surface area (Å²) in [6, 6.07) is 9.89. The van der Waals surface area contributed by atoms with Gasteiger partial charge in [-0.05, 0) is 76.9 Å². The Kier molecular flexibility index (Phi) is 8.52. The highest BCUT2D eigenvalue weighted by molar-refractivity contribution is 7.89. The van der Waals surface area contributed by atoms with Crippen molar-refractivity contribution in [1.82, 2.24) is 19.9 Å². The summed E-state index contributed by atoms with van der Waals surface area (Å²) in [5.74, 6) is -4.99. The van der Waals surface area contributed by atoms with Crippen LogP contribution in [0.2, 0.25) is 0 Å². The number of hydrogen-bond acceptors (Lipinski definition) is 7. The average molecular weight is 598 g/mol. The zero-order chi connectivity index (χ0) is 30.2. The van der Waals surface area contributed by atoms with Gasteiger partial charge in [0.2, 0.25) is 5.95 Å². The van der Waals surface area contributed by atoms with Crippen molar-refractivity contribution in [3.8, 4) is 11.3 Å². The number of halogens is 3. The zero-order valence-corrected chi connectivity index (χ0v) is 24.9. The Morgan fingerprint density at radius 3 is 2.29 bits per heavy atom. The smallest absolute Gasteiger partial charge is 0.223 e. The summed E-state index contributed by atoms with van der Waals surface area (Å²) in [6.07, 6.45) is 5.67. The van der Waals surface area contributed by atoms with E-state index >= 15 is 13.2 Å². The summed E-state index contributed by atoms with van der Waals surface area (Å²) >= 11 is 0. The number of anilines is 1. The van der Waals surface area contributed by atoms with Crippen molar-refractivity contribution >= 4 is 26.8 Å². The highest BCUT2D eigenvalue weighted by Crippen LogP contribution is 2.31. The number of aromatic nitrogens is 3. The van der Waals surface area contributed by atoms with E-state index in [2.05, 4.69) is 39.3 Å². The summed E-state index contributed by atoms with van der Waals surface area (Å²) in [5.41, 5.74) is 1.69. The maximum atomic E-state index is 15.3.